The number of piperidine rings is 2. The van der Waals surface area contributed by atoms with Gasteiger partial charge in [0.15, 0.2) is 0 Å². The maximum atomic E-state index is 14.0. The topological polar surface area (TPSA) is 175 Å². The van der Waals surface area contributed by atoms with Gasteiger partial charge in [-0.1, -0.05) is 64.1 Å². The van der Waals surface area contributed by atoms with Crippen LogP contribution >= 0.6 is 0 Å². The van der Waals surface area contributed by atoms with Gasteiger partial charge in [0.25, 0.3) is 0 Å². The van der Waals surface area contributed by atoms with E-state index in [1.54, 1.807) is 0 Å². The second-order valence-electron chi connectivity index (χ2n) is 18.0. The summed E-state index contributed by atoms with van der Waals surface area (Å²) in [7, 11) is 2.62. The van der Waals surface area contributed by atoms with Crippen LogP contribution in [-0.4, -0.2) is 98.7 Å². The first kappa shape index (κ1) is 39.5. The van der Waals surface area contributed by atoms with Crippen molar-refractivity contribution in [1.29, 1.82) is 0 Å². The summed E-state index contributed by atoms with van der Waals surface area (Å²) in [5, 5.41) is 5.51. The number of rotatable bonds is 10. The Hall–Kier alpha value is -5.92. The summed E-state index contributed by atoms with van der Waals surface area (Å²) in [5.74, 6) is 1.67. The van der Waals surface area contributed by atoms with Crippen molar-refractivity contribution in [3.8, 4) is 22.3 Å². The van der Waals surface area contributed by atoms with Crippen molar-refractivity contribution in [2.24, 2.45) is 17.8 Å². The van der Waals surface area contributed by atoms with Crippen molar-refractivity contribution in [3.63, 3.8) is 0 Å². The number of methoxy groups -OCH3 is 2. The van der Waals surface area contributed by atoms with Gasteiger partial charge in [-0.3, -0.25) is 9.59 Å². The van der Waals surface area contributed by atoms with Gasteiger partial charge in [0.1, 0.15) is 23.7 Å². The van der Waals surface area contributed by atoms with Crippen LogP contribution in [0, 0.1) is 17.8 Å². The molecule has 2 aliphatic carbocycles. The number of carbonyl (C=O) groups excluding carboxylic acids is 4. The lowest BCUT2D eigenvalue weighted by atomic mass is 9.86. The first-order valence-corrected chi connectivity index (χ1v) is 21.3. The Morgan fingerprint density at radius 1 is 0.717 bits per heavy atom. The number of nitrogens with one attached hydrogen (secondary N) is 4. The number of ether oxygens (including phenoxy) is 2. The van der Waals surface area contributed by atoms with Crippen LogP contribution in [-0.2, 0) is 24.5 Å². The molecule has 2 saturated carbocycles. The Balaban J connectivity index is 0.916. The third kappa shape index (κ3) is 6.83. The van der Waals surface area contributed by atoms with Crippen LogP contribution in [0.25, 0.3) is 44.3 Å². The van der Waals surface area contributed by atoms with E-state index < -0.39 is 24.3 Å². The van der Waals surface area contributed by atoms with Gasteiger partial charge in [-0.15, -0.1) is 0 Å². The van der Waals surface area contributed by atoms with E-state index in [-0.39, 0.29) is 47.2 Å². The molecule has 2 aromatic heterocycles. The summed E-state index contributed by atoms with van der Waals surface area (Å²) >= 11 is 0. The van der Waals surface area contributed by atoms with Crippen LogP contribution in [0.2, 0.25) is 0 Å². The maximum Gasteiger partial charge on any atom is 0.407 e. The molecule has 314 valence electrons. The summed E-state index contributed by atoms with van der Waals surface area (Å²) < 4.78 is 9.64. The Kier molecular flexibility index (Phi) is 10.1. The zero-order valence-corrected chi connectivity index (χ0v) is 35.1. The van der Waals surface area contributed by atoms with E-state index >= 15 is 0 Å². The fraction of sp³-hybridized carbons (Fsp3) is 0.478. The van der Waals surface area contributed by atoms with Gasteiger partial charge >= 0.3 is 12.2 Å². The van der Waals surface area contributed by atoms with Crippen molar-refractivity contribution in [2.75, 3.05) is 20.8 Å². The first-order valence-electron chi connectivity index (χ1n) is 21.3. The molecule has 4 N–H and O–H groups in total. The van der Waals surface area contributed by atoms with E-state index in [0.29, 0.717) is 12.5 Å². The molecule has 3 aromatic carbocycles. The van der Waals surface area contributed by atoms with Crippen LogP contribution in [0.15, 0.2) is 60.7 Å². The quantitative estimate of drug-likeness (QED) is 0.114. The van der Waals surface area contributed by atoms with Crippen molar-refractivity contribution >= 4 is 46.1 Å². The monoisotopic (exact) mass is 814 g/mol. The fourth-order valence-corrected chi connectivity index (χ4v) is 10.6. The van der Waals surface area contributed by atoms with Crippen LogP contribution in [0.1, 0.15) is 83.9 Å². The van der Waals surface area contributed by atoms with Gasteiger partial charge in [-0.05, 0) is 103 Å². The number of hydrogen-bond acceptors (Lipinski definition) is 8. The minimum Gasteiger partial charge on any atom is -0.453 e. The Bertz CT molecular complexity index is 2480. The molecule has 4 bridgehead atoms. The summed E-state index contributed by atoms with van der Waals surface area (Å²) in [6, 6.07) is 19.8. The van der Waals surface area contributed by atoms with Crippen LogP contribution in [0.5, 0.6) is 0 Å². The highest BCUT2D eigenvalue weighted by molar-refractivity contribution is 5.89. The largest absolute Gasteiger partial charge is 0.453 e. The molecule has 14 heteroatoms. The van der Waals surface area contributed by atoms with Crippen LogP contribution in [0.4, 0.5) is 9.59 Å². The maximum absolute atomic E-state index is 14.0. The number of alkyl carbamates (subject to hydrolysis) is 2. The molecule has 5 aromatic rings. The molecule has 60 heavy (non-hydrogen) atoms. The zero-order chi connectivity index (χ0) is 42.0. The number of likely N-dealkylation sites (tertiary alicyclic amines) is 2. The SMILES string of the molecule is COC(=O)N[C@H](C(=O)N1C[C@@]2(c3nc4ccc(-c5ccc(-c6ccc7nc([C@@H]8[C@H]9CC[C@H](C9)N8C(=O)[C@@H](NC(=O)OC)C(C)C)[nH]c7c6)cc5)cc4[nH]3)CC[C@@H]1C2)C(C)C. The predicted molar refractivity (Wildman–Crippen MR) is 227 cm³/mol. The Morgan fingerprint density at radius 2 is 1.28 bits per heavy atom. The number of H-pyrrole nitrogens is 2. The number of carbonyl (C=O) groups is 4. The standard InChI is InChI=1S/C46H54N8O6/c1-24(2)37(51-44(57)59-5)41(55)53-23-46(18-17-32(53)22-46)43-49-34-16-13-29(21-36(34)50-43)27-9-7-26(8-10-27)28-12-15-33-35(20-28)48-40(47-33)39-30-11-14-31(19-30)54(39)42(56)38(25(3)4)52-45(58)60-6/h7-10,12-13,15-16,20-21,24-25,30-32,37-39H,11,14,17-19,22-23H2,1-6H3,(H,47,48)(H,49,50)(H,51,57)(H,52,58)/t30-,31+,32+,37-,38-,39-,46+/m0/s1. The van der Waals surface area contributed by atoms with E-state index in [1.807, 2.05) is 43.6 Å². The molecule has 0 radical (unpaired) electrons. The lowest BCUT2D eigenvalue weighted by Gasteiger charge is -2.37. The second-order valence-corrected chi connectivity index (χ2v) is 18.0. The summed E-state index contributed by atoms with van der Waals surface area (Å²) in [6.45, 7) is 8.29. The van der Waals surface area contributed by atoms with Gasteiger partial charge in [0, 0.05) is 24.0 Å². The van der Waals surface area contributed by atoms with Gasteiger partial charge in [-0.2, -0.15) is 0 Å². The second kappa shape index (κ2) is 15.3. The van der Waals surface area contributed by atoms with Gasteiger partial charge in [-0.25, -0.2) is 19.6 Å². The zero-order valence-electron chi connectivity index (χ0n) is 35.1. The number of aromatic amines is 2. The molecular formula is C46H54N8O6. The normalized spacial score (nSPS) is 24.1. The molecule has 7 atom stereocenters. The highest BCUT2D eigenvalue weighted by atomic mass is 16.5. The molecule has 14 nitrogen and oxygen atoms in total. The highest BCUT2D eigenvalue weighted by Gasteiger charge is 2.55. The molecule has 2 saturated heterocycles. The van der Waals surface area contributed by atoms with Gasteiger partial charge in [0.05, 0.1) is 42.3 Å². The Labute approximate surface area is 349 Å². The van der Waals surface area contributed by atoms with Crippen molar-refractivity contribution in [1.82, 2.24) is 40.4 Å². The van der Waals surface area contributed by atoms with Crippen molar-refractivity contribution in [2.45, 2.75) is 102 Å². The highest BCUT2D eigenvalue weighted by Crippen LogP contribution is 2.51. The summed E-state index contributed by atoms with van der Waals surface area (Å²) in [5.41, 5.74) is 7.64. The molecular weight excluding hydrogens is 761 g/mol. The smallest absolute Gasteiger partial charge is 0.407 e. The van der Waals surface area contributed by atoms with E-state index in [9.17, 15) is 19.2 Å². The van der Waals surface area contributed by atoms with Crippen molar-refractivity contribution < 1.29 is 28.7 Å². The van der Waals surface area contributed by atoms with Crippen molar-refractivity contribution in [3.05, 3.63) is 72.3 Å². The molecule has 0 spiro atoms. The number of aromatic nitrogens is 4. The van der Waals surface area contributed by atoms with Crippen LogP contribution < -0.4 is 10.6 Å². The molecule has 9 rings (SSSR count). The van der Waals surface area contributed by atoms with E-state index in [2.05, 4.69) is 75.2 Å². The lowest BCUT2D eigenvalue weighted by molar-refractivity contribution is -0.139. The minimum absolute atomic E-state index is 0.0685. The fourth-order valence-electron chi connectivity index (χ4n) is 10.6. The predicted octanol–water partition coefficient (Wildman–Crippen LogP) is 7.22. The Morgan fingerprint density at radius 3 is 1.88 bits per heavy atom. The molecule has 2 aliphatic heterocycles. The van der Waals surface area contributed by atoms with E-state index in [0.717, 1.165) is 94.5 Å². The average Bonchev–Trinajstić information content (AvgIpc) is 4.12. The van der Waals surface area contributed by atoms with Gasteiger partial charge < -0.3 is 39.9 Å². The number of amides is 4. The number of hydrogen-bond donors (Lipinski definition) is 4. The minimum atomic E-state index is -0.684. The van der Waals surface area contributed by atoms with E-state index in [1.165, 1.54) is 14.2 Å². The first-order chi connectivity index (χ1) is 28.9. The lowest BCUT2D eigenvalue weighted by Crippen LogP contribution is -2.54. The molecule has 0 unspecified atom stereocenters. The molecule has 4 fully saturated rings. The number of nitrogens with zero attached hydrogens (tertiary/aromatic N) is 4. The molecule has 4 aliphatic rings. The van der Waals surface area contributed by atoms with Gasteiger partial charge in [0.2, 0.25) is 11.8 Å². The molecule has 4 amide bonds. The summed E-state index contributed by atoms with van der Waals surface area (Å²) in [6.07, 6.45) is 4.41. The average molecular weight is 815 g/mol. The van der Waals surface area contributed by atoms with E-state index in [4.69, 9.17) is 19.4 Å². The summed E-state index contributed by atoms with van der Waals surface area (Å²) in [4.78, 5) is 73.2. The third-order valence-electron chi connectivity index (χ3n) is 13.7. The number of imidazole rings is 2. The molecule has 4 heterocycles. The number of benzene rings is 3. The third-order valence-corrected chi connectivity index (χ3v) is 13.7. The number of fused-ring (bicyclic) bond motifs is 6. The van der Waals surface area contributed by atoms with Crippen LogP contribution in [0.3, 0.4) is 0 Å².